The van der Waals surface area contributed by atoms with Crippen molar-refractivity contribution in [3.05, 3.63) is 35.6 Å². The maximum absolute atomic E-state index is 13.5. The van der Waals surface area contributed by atoms with Crippen LogP contribution < -0.4 is 0 Å². The normalized spacial score (nSPS) is 21.5. The molecule has 0 aliphatic heterocycles. The molecule has 0 radical (unpaired) electrons. The minimum Gasteiger partial charge on any atom is -0.383 e. The molecular weight excluding hydrogens is 253 g/mol. The summed E-state index contributed by atoms with van der Waals surface area (Å²) in [6.45, 7) is 1.87. The molecule has 0 saturated heterocycles. The molecule has 1 aliphatic rings. The van der Waals surface area contributed by atoms with Crippen LogP contribution in [0.3, 0.4) is 0 Å². The van der Waals surface area contributed by atoms with Crippen LogP contribution in [0.25, 0.3) is 0 Å². The molecule has 1 aromatic rings. The van der Waals surface area contributed by atoms with E-state index in [0.717, 1.165) is 25.7 Å². The Bertz CT molecular complexity index is 500. The number of hydrogen-bond donors (Lipinski definition) is 1. The molecular formula is C17H22FNO. The molecule has 2 rings (SSSR count). The van der Waals surface area contributed by atoms with E-state index in [-0.39, 0.29) is 5.82 Å². The standard InChI is InChI=1S/C17H22FNO/c1-2-17(20,14-8-7-9-15(18)12-14)16(13-19)10-5-3-4-6-11-16/h7-9,12,20H,2-6,10-11H2,1H3. The molecule has 1 atom stereocenters. The van der Waals surface area contributed by atoms with Gasteiger partial charge in [-0.25, -0.2) is 4.39 Å². The second-order valence-corrected chi connectivity index (χ2v) is 5.83. The lowest BCUT2D eigenvalue weighted by Gasteiger charge is -2.42. The Kier molecular flexibility index (Phi) is 4.45. The number of hydrogen-bond acceptors (Lipinski definition) is 2. The van der Waals surface area contributed by atoms with Crippen molar-refractivity contribution >= 4 is 0 Å². The summed E-state index contributed by atoms with van der Waals surface area (Å²) in [5.41, 5.74) is -1.54. The van der Waals surface area contributed by atoms with Gasteiger partial charge in [-0.3, -0.25) is 0 Å². The van der Waals surface area contributed by atoms with Gasteiger partial charge in [-0.1, -0.05) is 44.7 Å². The van der Waals surface area contributed by atoms with Gasteiger partial charge < -0.3 is 5.11 Å². The van der Waals surface area contributed by atoms with Crippen LogP contribution in [0.5, 0.6) is 0 Å². The van der Waals surface area contributed by atoms with Crippen LogP contribution >= 0.6 is 0 Å². The van der Waals surface area contributed by atoms with Gasteiger partial charge in [-0.15, -0.1) is 0 Å². The van der Waals surface area contributed by atoms with Gasteiger partial charge in [-0.2, -0.15) is 5.26 Å². The van der Waals surface area contributed by atoms with Gasteiger partial charge in [0.2, 0.25) is 0 Å². The fourth-order valence-electron chi connectivity index (χ4n) is 3.51. The van der Waals surface area contributed by atoms with Crippen LogP contribution in [-0.2, 0) is 5.60 Å². The molecule has 1 fully saturated rings. The van der Waals surface area contributed by atoms with Crippen molar-refractivity contribution in [2.75, 3.05) is 0 Å². The maximum Gasteiger partial charge on any atom is 0.123 e. The van der Waals surface area contributed by atoms with Crippen LogP contribution in [0.4, 0.5) is 4.39 Å². The largest absolute Gasteiger partial charge is 0.383 e. The summed E-state index contributed by atoms with van der Waals surface area (Å²) in [5, 5.41) is 21.0. The maximum atomic E-state index is 13.5. The predicted molar refractivity (Wildman–Crippen MR) is 76.3 cm³/mol. The van der Waals surface area contributed by atoms with Gasteiger partial charge in [0.05, 0.1) is 11.5 Å². The lowest BCUT2D eigenvalue weighted by atomic mass is 9.63. The van der Waals surface area contributed by atoms with E-state index < -0.39 is 11.0 Å². The van der Waals surface area contributed by atoms with Gasteiger partial charge in [0, 0.05) is 0 Å². The van der Waals surface area contributed by atoms with Gasteiger partial charge >= 0.3 is 0 Å². The third-order valence-electron chi connectivity index (χ3n) is 4.78. The van der Waals surface area contributed by atoms with Crippen LogP contribution in [-0.4, -0.2) is 5.11 Å². The van der Waals surface area contributed by atoms with E-state index in [1.165, 1.54) is 12.1 Å². The molecule has 1 unspecified atom stereocenters. The minimum atomic E-state index is -1.27. The summed E-state index contributed by atoms with van der Waals surface area (Å²) in [6.07, 6.45) is 5.90. The van der Waals surface area contributed by atoms with Crippen molar-refractivity contribution in [3.8, 4) is 6.07 Å². The SMILES string of the molecule is CCC(O)(c1cccc(F)c1)C1(C#N)CCCCCC1. The highest BCUT2D eigenvalue weighted by atomic mass is 19.1. The molecule has 2 nitrogen and oxygen atoms in total. The average Bonchev–Trinajstić information content (AvgIpc) is 2.73. The quantitative estimate of drug-likeness (QED) is 0.836. The summed E-state index contributed by atoms with van der Waals surface area (Å²) in [5.74, 6) is -0.365. The number of nitriles is 1. The number of benzene rings is 1. The number of aliphatic hydroxyl groups is 1. The smallest absolute Gasteiger partial charge is 0.123 e. The van der Waals surface area contributed by atoms with E-state index >= 15 is 0 Å². The molecule has 3 heteroatoms. The van der Waals surface area contributed by atoms with Gasteiger partial charge in [0.25, 0.3) is 0 Å². The fraction of sp³-hybridized carbons (Fsp3) is 0.588. The minimum absolute atomic E-state index is 0.365. The molecule has 0 amide bonds. The van der Waals surface area contributed by atoms with Crippen LogP contribution in [0.15, 0.2) is 24.3 Å². The summed E-state index contributed by atoms with van der Waals surface area (Å²) in [6, 6.07) is 8.47. The third-order valence-corrected chi connectivity index (χ3v) is 4.78. The van der Waals surface area contributed by atoms with Crippen molar-refractivity contribution in [3.63, 3.8) is 0 Å². The highest BCUT2D eigenvalue weighted by Gasteiger charge is 2.50. The second-order valence-electron chi connectivity index (χ2n) is 5.83. The predicted octanol–water partition coefficient (Wildman–Crippen LogP) is 4.29. The Balaban J connectivity index is 2.49. The van der Waals surface area contributed by atoms with E-state index in [9.17, 15) is 14.8 Å². The monoisotopic (exact) mass is 275 g/mol. The lowest BCUT2D eigenvalue weighted by Crippen LogP contribution is -2.44. The molecule has 1 aliphatic carbocycles. The van der Waals surface area contributed by atoms with Crippen LogP contribution in [0.1, 0.15) is 57.4 Å². The average molecular weight is 275 g/mol. The molecule has 108 valence electrons. The van der Waals surface area contributed by atoms with Gasteiger partial charge in [0.1, 0.15) is 11.4 Å². The molecule has 1 N–H and O–H groups in total. The summed E-state index contributed by atoms with van der Waals surface area (Å²) >= 11 is 0. The number of rotatable bonds is 3. The van der Waals surface area contributed by atoms with E-state index in [0.29, 0.717) is 24.8 Å². The zero-order chi connectivity index (χ0) is 14.6. The Morgan fingerprint density at radius 2 is 1.95 bits per heavy atom. The molecule has 20 heavy (non-hydrogen) atoms. The first kappa shape index (κ1) is 15.0. The third kappa shape index (κ3) is 2.45. The van der Waals surface area contributed by atoms with Crippen molar-refractivity contribution in [2.24, 2.45) is 5.41 Å². The Morgan fingerprint density at radius 1 is 1.30 bits per heavy atom. The zero-order valence-corrected chi connectivity index (χ0v) is 12.0. The van der Waals surface area contributed by atoms with E-state index in [2.05, 4.69) is 6.07 Å². The summed E-state index contributed by atoms with van der Waals surface area (Å²) in [4.78, 5) is 0. The van der Waals surface area contributed by atoms with Crippen LogP contribution in [0, 0.1) is 22.6 Å². The topological polar surface area (TPSA) is 44.0 Å². The summed E-state index contributed by atoms with van der Waals surface area (Å²) in [7, 11) is 0. The van der Waals surface area contributed by atoms with Crippen molar-refractivity contribution in [1.29, 1.82) is 5.26 Å². The first-order valence-electron chi connectivity index (χ1n) is 7.48. The van der Waals surface area contributed by atoms with E-state index in [1.807, 2.05) is 6.92 Å². The first-order valence-corrected chi connectivity index (χ1v) is 7.48. The number of halogens is 1. The zero-order valence-electron chi connectivity index (χ0n) is 12.0. The highest BCUT2D eigenvalue weighted by molar-refractivity contribution is 5.29. The Labute approximate surface area is 120 Å². The van der Waals surface area contributed by atoms with Crippen LogP contribution in [0.2, 0.25) is 0 Å². The lowest BCUT2D eigenvalue weighted by molar-refractivity contribution is -0.0732. The van der Waals surface area contributed by atoms with Crippen molar-refractivity contribution in [1.82, 2.24) is 0 Å². The molecule has 0 spiro atoms. The first-order chi connectivity index (χ1) is 9.58. The molecule has 1 aromatic carbocycles. The highest BCUT2D eigenvalue weighted by Crippen LogP contribution is 2.50. The van der Waals surface area contributed by atoms with Gasteiger partial charge in [0.15, 0.2) is 0 Å². The molecule has 0 bridgehead atoms. The van der Waals surface area contributed by atoms with E-state index in [4.69, 9.17) is 0 Å². The fourth-order valence-corrected chi connectivity index (χ4v) is 3.51. The Morgan fingerprint density at radius 3 is 2.45 bits per heavy atom. The second kappa shape index (κ2) is 5.93. The van der Waals surface area contributed by atoms with Crippen molar-refractivity contribution in [2.45, 2.75) is 57.5 Å². The molecule has 0 aromatic heterocycles. The Hall–Kier alpha value is -1.40. The number of nitrogens with zero attached hydrogens (tertiary/aromatic N) is 1. The molecule has 1 saturated carbocycles. The summed E-state index contributed by atoms with van der Waals surface area (Å²) < 4.78 is 13.5. The molecule has 0 heterocycles. The van der Waals surface area contributed by atoms with Gasteiger partial charge in [-0.05, 0) is 37.0 Å². The van der Waals surface area contributed by atoms with Crippen molar-refractivity contribution < 1.29 is 9.50 Å². The van der Waals surface area contributed by atoms with E-state index in [1.54, 1.807) is 12.1 Å².